The highest BCUT2D eigenvalue weighted by Crippen LogP contribution is 2.50. The van der Waals surface area contributed by atoms with E-state index >= 15 is 0 Å². The van der Waals surface area contributed by atoms with E-state index in [9.17, 15) is 14.4 Å². The van der Waals surface area contributed by atoms with E-state index in [1.807, 2.05) is 28.0 Å². The second-order valence-corrected chi connectivity index (χ2v) is 12.2. The number of aromatic nitrogens is 1. The number of H-pyrrole nitrogens is 1. The summed E-state index contributed by atoms with van der Waals surface area (Å²) in [5.74, 6) is -0.214. The minimum Gasteiger partial charge on any atom is -0.497 e. The maximum atomic E-state index is 14.3. The first-order valence-electron chi connectivity index (χ1n) is 15.3. The third kappa shape index (κ3) is 5.20. The maximum absolute atomic E-state index is 14.3. The van der Waals surface area contributed by atoms with Crippen molar-refractivity contribution >= 4 is 28.6 Å². The van der Waals surface area contributed by atoms with Crippen molar-refractivity contribution in [3.63, 3.8) is 0 Å². The second kappa shape index (κ2) is 11.6. The molecule has 4 aliphatic heterocycles. The van der Waals surface area contributed by atoms with Crippen LogP contribution >= 0.6 is 0 Å². The number of methoxy groups -OCH3 is 1. The summed E-state index contributed by atoms with van der Waals surface area (Å²) in [5.41, 5.74) is 2.27. The van der Waals surface area contributed by atoms with Gasteiger partial charge in [-0.05, 0) is 62.8 Å². The van der Waals surface area contributed by atoms with Crippen LogP contribution in [0.1, 0.15) is 50.3 Å². The molecular formula is C31H43N5O5. The van der Waals surface area contributed by atoms with E-state index in [0.717, 1.165) is 93.1 Å². The number of hydrogen-bond acceptors (Lipinski definition) is 6. The van der Waals surface area contributed by atoms with Crippen molar-refractivity contribution in [3.05, 3.63) is 29.5 Å². The summed E-state index contributed by atoms with van der Waals surface area (Å²) < 4.78 is 10.9. The molecule has 0 bridgehead atoms. The molecule has 1 aromatic carbocycles. The number of amides is 3. The number of carbonyl (C=O) groups is 3. The predicted molar refractivity (Wildman–Crippen MR) is 155 cm³/mol. The number of fused-ring (bicyclic) bond motifs is 5. The van der Waals surface area contributed by atoms with Crippen LogP contribution in [0.4, 0.5) is 0 Å². The molecule has 10 nitrogen and oxygen atoms in total. The normalized spacial score (nSPS) is 26.9. The molecule has 41 heavy (non-hydrogen) atoms. The Kier molecular flexibility index (Phi) is 7.96. The molecule has 5 heterocycles. The number of benzene rings is 1. The largest absolute Gasteiger partial charge is 0.497 e. The van der Waals surface area contributed by atoms with Gasteiger partial charge >= 0.3 is 0 Å². The van der Waals surface area contributed by atoms with Crippen molar-refractivity contribution in [2.45, 2.75) is 51.0 Å². The molecule has 0 aliphatic carbocycles. The van der Waals surface area contributed by atoms with Crippen LogP contribution in [0.5, 0.6) is 5.75 Å². The van der Waals surface area contributed by atoms with Gasteiger partial charge < -0.3 is 29.6 Å². The third-order valence-electron chi connectivity index (χ3n) is 9.83. The van der Waals surface area contributed by atoms with E-state index in [1.54, 1.807) is 7.11 Å². The average molecular weight is 566 g/mol. The fraction of sp³-hybridized carbons (Fsp3) is 0.645. The highest BCUT2D eigenvalue weighted by Gasteiger charge is 2.57. The molecule has 10 heteroatoms. The molecule has 1 unspecified atom stereocenters. The Labute approximate surface area is 241 Å². The van der Waals surface area contributed by atoms with Gasteiger partial charge in [0.05, 0.1) is 31.8 Å². The number of morpholine rings is 1. The molecule has 0 radical (unpaired) electrons. The summed E-state index contributed by atoms with van der Waals surface area (Å²) in [6.07, 6.45) is 4.31. The first kappa shape index (κ1) is 28.0. The molecule has 0 saturated carbocycles. The lowest BCUT2D eigenvalue weighted by Crippen LogP contribution is -2.64. The third-order valence-corrected chi connectivity index (χ3v) is 9.83. The summed E-state index contributed by atoms with van der Waals surface area (Å²) in [5, 5.41) is 4.11. The zero-order chi connectivity index (χ0) is 28.6. The van der Waals surface area contributed by atoms with E-state index in [2.05, 4.69) is 22.1 Å². The second-order valence-electron chi connectivity index (χ2n) is 12.2. The Bertz CT molecular complexity index is 1300. The van der Waals surface area contributed by atoms with Crippen molar-refractivity contribution < 1.29 is 23.9 Å². The zero-order valence-electron chi connectivity index (χ0n) is 24.4. The van der Waals surface area contributed by atoms with Gasteiger partial charge in [0.25, 0.3) is 0 Å². The Hall–Kier alpha value is -3.11. The van der Waals surface area contributed by atoms with Gasteiger partial charge in [-0.3, -0.25) is 19.3 Å². The number of rotatable bonds is 7. The topological polar surface area (TPSA) is 107 Å². The average Bonchev–Trinajstić information content (AvgIpc) is 3.38. The molecule has 2 N–H and O–H groups in total. The predicted octanol–water partition coefficient (Wildman–Crippen LogP) is 2.26. The number of ether oxygens (including phenoxy) is 2. The van der Waals surface area contributed by atoms with Crippen LogP contribution in [0.3, 0.4) is 0 Å². The Morgan fingerprint density at radius 3 is 2.66 bits per heavy atom. The van der Waals surface area contributed by atoms with Crippen molar-refractivity contribution in [1.82, 2.24) is 25.0 Å². The number of carbonyl (C=O) groups excluding carboxylic acids is 3. The fourth-order valence-corrected chi connectivity index (χ4v) is 7.49. The first-order valence-corrected chi connectivity index (χ1v) is 15.3. The van der Waals surface area contributed by atoms with Gasteiger partial charge in [-0.2, -0.15) is 0 Å². The number of nitrogens with zero attached hydrogens (tertiary/aromatic N) is 3. The Morgan fingerprint density at radius 1 is 1.12 bits per heavy atom. The molecule has 3 fully saturated rings. The number of nitrogens with one attached hydrogen (secondary N) is 2. The Morgan fingerprint density at radius 2 is 1.90 bits per heavy atom. The molecule has 3 saturated heterocycles. The van der Waals surface area contributed by atoms with Crippen LogP contribution in [0, 0.1) is 11.8 Å². The molecule has 6 rings (SSSR count). The van der Waals surface area contributed by atoms with Gasteiger partial charge in [-0.15, -0.1) is 0 Å². The number of piperidine rings is 2. The van der Waals surface area contributed by atoms with Gasteiger partial charge in [0.2, 0.25) is 17.7 Å². The van der Waals surface area contributed by atoms with Gasteiger partial charge in [0.15, 0.2) is 0 Å². The molecule has 1 aromatic heterocycles. The lowest BCUT2D eigenvalue weighted by Gasteiger charge is -2.54. The monoisotopic (exact) mass is 565 g/mol. The van der Waals surface area contributed by atoms with Crippen LogP contribution < -0.4 is 10.1 Å². The van der Waals surface area contributed by atoms with Crippen LogP contribution in [0.25, 0.3) is 10.9 Å². The van der Waals surface area contributed by atoms with Crippen LogP contribution in [-0.4, -0.2) is 104 Å². The van der Waals surface area contributed by atoms with E-state index in [0.29, 0.717) is 25.9 Å². The smallest absolute Gasteiger partial charge is 0.228 e. The maximum Gasteiger partial charge on any atom is 0.228 e. The van der Waals surface area contributed by atoms with Gasteiger partial charge in [0.1, 0.15) is 5.75 Å². The van der Waals surface area contributed by atoms with Crippen molar-refractivity contribution in [2.24, 2.45) is 11.8 Å². The molecular weight excluding hydrogens is 522 g/mol. The molecule has 3 amide bonds. The van der Waals surface area contributed by atoms with E-state index in [1.165, 1.54) is 0 Å². The van der Waals surface area contributed by atoms with Crippen LogP contribution in [0.15, 0.2) is 18.2 Å². The van der Waals surface area contributed by atoms with Crippen molar-refractivity contribution in [2.75, 3.05) is 66.1 Å². The number of likely N-dealkylation sites (tertiary alicyclic amines) is 1. The molecule has 3 atom stereocenters. The van der Waals surface area contributed by atoms with Crippen LogP contribution in [-0.2, 0) is 31.1 Å². The van der Waals surface area contributed by atoms with E-state index in [-0.39, 0.29) is 24.1 Å². The fourth-order valence-electron chi connectivity index (χ4n) is 7.49. The minimum absolute atomic E-state index is 0.0274. The molecule has 222 valence electrons. The lowest BCUT2D eigenvalue weighted by molar-refractivity contribution is -0.164. The van der Waals surface area contributed by atoms with Crippen LogP contribution in [0.2, 0.25) is 0 Å². The summed E-state index contributed by atoms with van der Waals surface area (Å²) in [6, 6.07) is 5.98. The SMILES string of the molecule is COc1ccc2[nH]c3c(c2c1)CCN1C(=O)C(CC(=O)NCCN2CCOCC2)C[C@H](C(=O)N2CCCCC2)[C@@]31C. The highest BCUT2D eigenvalue weighted by atomic mass is 16.5. The molecule has 0 spiro atoms. The van der Waals surface area contributed by atoms with Crippen molar-refractivity contribution in [3.8, 4) is 5.75 Å². The quantitative estimate of drug-likeness (QED) is 0.534. The highest BCUT2D eigenvalue weighted by molar-refractivity contribution is 5.93. The van der Waals surface area contributed by atoms with E-state index < -0.39 is 17.4 Å². The summed E-state index contributed by atoms with van der Waals surface area (Å²) in [7, 11) is 1.66. The Balaban J connectivity index is 1.27. The zero-order valence-corrected chi connectivity index (χ0v) is 24.4. The standard InChI is InChI=1S/C31H43N5O5/c1-31-25(30(39)35-10-4-3-5-11-35)18-21(19-27(37)32-9-13-34-14-16-41-17-15-34)29(38)36(31)12-8-23-24-20-22(40-2)6-7-26(24)33-28(23)31/h6-7,20-21,25,33H,3-5,8-19H2,1-2H3,(H,32,37)/t21?,25-,31+/m1/s1. The summed E-state index contributed by atoms with van der Waals surface area (Å²) in [4.78, 5) is 51.2. The van der Waals surface area contributed by atoms with Gasteiger partial charge in [0, 0.05) is 74.7 Å². The summed E-state index contributed by atoms with van der Waals surface area (Å²) in [6.45, 7) is 8.56. The summed E-state index contributed by atoms with van der Waals surface area (Å²) >= 11 is 0. The number of hydrogen-bond donors (Lipinski definition) is 2. The number of aromatic amines is 1. The van der Waals surface area contributed by atoms with Gasteiger partial charge in [-0.25, -0.2) is 0 Å². The molecule has 2 aromatic rings. The van der Waals surface area contributed by atoms with Crippen molar-refractivity contribution in [1.29, 1.82) is 0 Å². The lowest BCUT2D eigenvalue weighted by atomic mass is 9.67. The van der Waals surface area contributed by atoms with Gasteiger partial charge in [-0.1, -0.05) is 0 Å². The first-order chi connectivity index (χ1) is 19.9. The van der Waals surface area contributed by atoms with E-state index in [4.69, 9.17) is 9.47 Å². The minimum atomic E-state index is -0.811. The molecule has 4 aliphatic rings.